The van der Waals surface area contributed by atoms with E-state index < -0.39 is 4.92 Å². The molecule has 0 unspecified atom stereocenters. The zero-order valence-electron chi connectivity index (χ0n) is 14.1. The number of nitro groups is 1. The van der Waals surface area contributed by atoms with Gasteiger partial charge in [-0.15, -0.1) is 12.4 Å². The smallest absolute Gasteiger partial charge is 0.293 e. The predicted molar refractivity (Wildman–Crippen MR) is 99.5 cm³/mol. The summed E-state index contributed by atoms with van der Waals surface area (Å²) >= 11 is 0. The second kappa shape index (κ2) is 8.49. The lowest BCUT2D eigenvalue weighted by molar-refractivity contribution is -0.384. The molecule has 1 aliphatic heterocycles. The number of carbonyl (C=O) groups excluding carboxylic acids is 1. The van der Waals surface area contributed by atoms with E-state index in [-0.39, 0.29) is 36.1 Å². The summed E-state index contributed by atoms with van der Waals surface area (Å²) < 4.78 is 0. The first-order valence-corrected chi connectivity index (χ1v) is 8.64. The lowest BCUT2D eigenvalue weighted by atomic mass is 9.91. The Bertz CT molecular complexity index is 626. The van der Waals surface area contributed by atoms with Gasteiger partial charge in [-0.1, -0.05) is 0 Å². The molecule has 1 aromatic carbocycles. The van der Waals surface area contributed by atoms with Gasteiger partial charge in [0, 0.05) is 36.8 Å². The van der Waals surface area contributed by atoms with Crippen LogP contribution in [0.1, 0.15) is 48.9 Å². The Morgan fingerprint density at radius 1 is 1.20 bits per heavy atom. The number of hydrogen-bond acceptors (Lipinski definition) is 5. The zero-order chi connectivity index (χ0) is 17.1. The van der Waals surface area contributed by atoms with E-state index in [1.165, 1.54) is 6.07 Å². The van der Waals surface area contributed by atoms with Gasteiger partial charge in [-0.2, -0.15) is 0 Å². The van der Waals surface area contributed by atoms with E-state index in [0.29, 0.717) is 11.3 Å². The molecule has 138 valence electrons. The number of nitrogens with zero attached hydrogens (tertiary/aromatic N) is 2. The van der Waals surface area contributed by atoms with Gasteiger partial charge in [-0.05, 0) is 50.7 Å². The molecule has 7 nitrogen and oxygen atoms in total. The number of anilines is 1. The summed E-state index contributed by atoms with van der Waals surface area (Å²) in [6, 6.07) is 5.12. The average Bonchev–Trinajstić information content (AvgIpc) is 3.10. The van der Waals surface area contributed by atoms with Crippen molar-refractivity contribution in [2.75, 3.05) is 18.0 Å². The Kier molecular flexibility index (Phi) is 6.61. The Morgan fingerprint density at radius 2 is 1.84 bits per heavy atom. The minimum Gasteiger partial charge on any atom is -0.366 e. The Labute approximate surface area is 153 Å². The molecule has 0 aromatic heterocycles. The quantitative estimate of drug-likeness (QED) is 0.628. The summed E-state index contributed by atoms with van der Waals surface area (Å²) in [7, 11) is 0. The number of nitro benzene ring substituents is 1. The number of benzene rings is 1. The molecule has 1 aromatic rings. The molecule has 2 fully saturated rings. The van der Waals surface area contributed by atoms with Crippen molar-refractivity contribution in [1.29, 1.82) is 0 Å². The number of nitrogens with two attached hydrogens (primary N) is 1. The highest BCUT2D eigenvalue weighted by atomic mass is 35.5. The Hall–Kier alpha value is -1.86. The van der Waals surface area contributed by atoms with Crippen molar-refractivity contribution in [2.45, 2.75) is 50.6 Å². The number of halogens is 1. The molecule has 0 bridgehead atoms. The maximum Gasteiger partial charge on any atom is 0.293 e. The van der Waals surface area contributed by atoms with Crippen LogP contribution in [-0.4, -0.2) is 36.0 Å². The van der Waals surface area contributed by atoms with E-state index in [0.717, 1.165) is 51.6 Å². The number of amides is 1. The monoisotopic (exact) mass is 368 g/mol. The largest absolute Gasteiger partial charge is 0.366 e. The topological polar surface area (TPSA) is 102 Å². The second-order valence-corrected chi connectivity index (χ2v) is 6.74. The second-order valence-electron chi connectivity index (χ2n) is 6.74. The molecule has 1 saturated heterocycles. The SMILES string of the molecule is Cl.NC1CCC(NC(=O)c2ccc(N3CCCC3)c([N+](=O)[O-])c2)CC1. The summed E-state index contributed by atoms with van der Waals surface area (Å²) in [6.45, 7) is 1.66. The molecular formula is C17H25ClN4O3. The van der Waals surface area contributed by atoms with Gasteiger partial charge in [0.2, 0.25) is 0 Å². The van der Waals surface area contributed by atoms with Crippen LogP contribution < -0.4 is 16.0 Å². The predicted octanol–water partition coefficient (Wildman–Crippen LogP) is 2.62. The van der Waals surface area contributed by atoms with Gasteiger partial charge < -0.3 is 16.0 Å². The maximum atomic E-state index is 12.4. The molecule has 25 heavy (non-hydrogen) atoms. The van der Waals surface area contributed by atoms with Gasteiger partial charge in [0.25, 0.3) is 11.6 Å². The molecule has 1 saturated carbocycles. The first kappa shape index (κ1) is 19.5. The third kappa shape index (κ3) is 4.61. The molecule has 8 heteroatoms. The van der Waals surface area contributed by atoms with E-state index in [9.17, 15) is 14.9 Å². The van der Waals surface area contributed by atoms with Crippen molar-refractivity contribution >= 4 is 29.7 Å². The minimum atomic E-state index is -0.399. The van der Waals surface area contributed by atoms with E-state index in [2.05, 4.69) is 5.32 Å². The van der Waals surface area contributed by atoms with Crippen molar-refractivity contribution in [1.82, 2.24) is 5.32 Å². The van der Waals surface area contributed by atoms with Crippen molar-refractivity contribution in [2.24, 2.45) is 5.73 Å². The normalized spacial score (nSPS) is 23.0. The lowest BCUT2D eigenvalue weighted by Gasteiger charge is -2.26. The summed E-state index contributed by atoms with van der Waals surface area (Å²) in [5.74, 6) is -0.244. The molecule has 1 amide bonds. The molecule has 1 heterocycles. The minimum absolute atomic E-state index is 0. The summed E-state index contributed by atoms with van der Waals surface area (Å²) in [5, 5.41) is 14.4. The number of rotatable bonds is 4. The van der Waals surface area contributed by atoms with Crippen molar-refractivity contribution in [3.63, 3.8) is 0 Å². The summed E-state index contributed by atoms with van der Waals surface area (Å²) in [4.78, 5) is 25.5. The van der Waals surface area contributed by atoms with Gasteiger partial charge in [-0.25, -0.2) is 0 Å². The Morgan fingerprint density at radius 3 is 2.44 bits per heavy atom. The highest BCUT2D eigenvalue weighted by Crippen LogP contribution is 2.31. The molecular weight excluding hydrogens is 344 g/mol. The van der Waals surface area contributed by atoms with Crippen LogP contribution in [0.2, 0.25) is 0 Å². The van der Waals surface area contributed by atoms with Gasteiger partial charge >= 0.3 is 0 Å². The standard InChI is InChI=1S/C17H24N4O3.ClH/c18-13-4-6-14(7-5-13)19-17(22)12-3-8-15(16(11-12)21(23)24)20-9-1-2-10-20;/h3,8,11,13-14H,1-2,4-7,9-10,18H2,(H,19,22);1H. The number of nitrogens with one attached hydrogen (secondary N) is 1. The molecule has 0 atom stereocenters. The lowest BCUT2D eigenvalue weighted by Crippen LogP contribution is -2.40. The molecule has 1 aliphatic carbocycles. The first-order chi connectivity index (χ1) is 11.5. The number of carbonyl (C=O) groups is 1. The van der Waals surface area contributed by atoms with Crippen LogP contribution in [0.15, 0.2) is 18.2 Å². The van der Waals surface area contributed by atoms with Gasteiger partial charge in [0.1, 0.15) is 5.69 Å². The number of hydrogen-bond donors (Lipinski definition) is 2. The molecule has 0 radical (unpaired) electrons. The highest BCUT2D eigenvalue weighted by Gasteiger charge is 2.25. The van der Waals surface area contributed by atoms with Crippen molar-refractivity contribution in [3.8, 4) is 0 Å². The van der Waals surface area contributed by atoms with E-state index in [1.807, 2.05) is 4.90 Å². The summed E-state index contributed by atoms with van der Waals surface area (Å²) in [6.07, 6.45) is 5.62. The molecule has 3 rings (SSSR count). The molecule has 3 N–H and O–H groups in total. The fourth-order valence-corrected chi connectivity index (χ4v) is 3.57. The van der Waals surface area contributed by atoms with Crippen LogP contribution in [0.5, 0.6) is 0 Å². The first-order valence-electron chi connectivity index (χ1n) is 8.64. The molecule has 0 spiro atoms. The van der Waals surface area contributed by atoms with Crippen LogP contribution >= 0.6 is 12.4 Å². The van der Waals surface area contributed by atoms with Crippen LogP contribution in [0.4, 0.5) is 11.4 Å². The zero-order valence-corrected chi connectivity index (χ0v) is 15.0. The van der Waals surface area contributed by atoms with Gasteiger partial charge in [0.15, 0.2) is 0 Å². The third-order valence-electron chi connectivity index (χ3n) is 4.99. The van der Waals surface area contributed by atoms with Crippen LogP contribution in [-0.2, 0) is 0 Å². The highest BCUT2D eigenvalue weighted by molar-refractivity contribution is 5.96. The van der Waals surface area contributed by atoms with Crippen molar-refractivity contribution in [3.05, 3.63) is 33.9 Å². The Balaban J connectivity index is 0.00000225. The van der Waals surface area contributed by atoms with E-state index in [1.54, 1.807) is 12.1 Å². The summed E-state index contributed by atoms with van der Waals surface area (Å²) in [5.41, 5.74) is 6.84. The molecule has 2 aliphatic rings. The van der Waals surface area contributed by atoms with Crippen molar-refractivity contribution < 1.29 is 9.72 Å². The maximum absolute atomic E-state index is 12.4. The van der Waals surface area contributed by atoms with Gasteiger partial charge in [-0.3, -0.25) is 14.9 Å². The average molecular weight is 369 g/mol. The fourth-order valence-electron chi connectivity index (χ4n) is 3.57. The fraction of sp³-hybridized carbons (Fsp3) is 0.588. The van der Waals surface area contributed by atoms with Gasteiger partial charge in [0.05, 0.1) is 4.92 Å². The third-order valence-corrected chi connectivity index (χ3v) is 4.99. The van der Waals surface area contributed by atoms with Crippen LogP contribution in [0, 0.1) is 10.1 Å². The van der Waals surface area contributed by atoms with Crippen LogP contribution in [0.25, 0.3) is 0 Å². The van der Waals surface area contributed by atoms with E-state index in [4.69, 9.17) is 5.73 Å². The van der Waals surface area contributed by atoms with Crippen LogP contribution in [0.3, 0.4) is 0 Å². The van der Waals surface area contributed by atoms with E-state index >= 15 is 0 Å².